The van der Waals surface area contributed by atoms with Crippen molar-refractivity contribution in [1.29, 1.82) is 0 Å². The lowest BCUT2D eigenvalue weighted by molar-refractivity contribution is -0.514. The van der Waals surface area contributed by atoms with Crippen LogP contribution in [0.2, 0.25) is 18.1 Å². The first-order valence-electron chi connectivity index (χ1n) is 8.12. The quantitative estimate of drug-likeness (QED) is 0.722. The van der Waals surface area contributed by atoms with Crippen LogP contribution in [-0.2, 0) is 28.1 Å². The highest BCUT2D eigenvalue weighted by molar-refractivity contribution is 6.74. The molecule has 0 radical (unpaired) electrons. The van der Waals surface area contributed by atoms with Crippen LogP contribution < -0.4 is 0 Å². The minimum atomic E-state index is -1.94. The number of hydrogen-bond acceptors (Lipinski definition) is 6. The van der Waals surface area contributed by atoms with E-state index >= 15 is 0 Å². The van der Waals surface area contributed by atoms with Gasteiger partial charge in [-0.25, -0.2) is 0 Å². The Morgan fingerprint density at radius 1 is 0.773 bits per heavy atom. The van der Waals surface area contributed by atoms with Gasteiger partial charge in [-0.1, -0.05) is 20.8 Å². The van der Waals surface area contributed by atoms with E-state index in [9.17, 15) is 0 Å². The summed E-state index contributed by atoms with van der Waals surface area (Å²) < 4.78 is 36.0. The van der Waals surface area contributed by atoms with E-state index in [0.29, 0.717) is 0 Å². The molecule has 4 heterocycles. The summed E-state index contributed by atoms with van der Waals surface area (Å²) in [7, 11) is -1.94. The molecule has 0 amide bonds. The van der Waals surface area contributed by atoms with Gasteiger partial charge in [-0.2, -0.15) is 0 Å². The molecule has 0 N–H and O–H groups in total. The van der Waals surface area contributed by atoms with Crippen molar-refractivity contribution in [2.45, 2.75) is 95.2 Å². The van der Waals surface area contributed by atoms with E-state index in [0.717, 1.165) is 0 Å². The highest BCUT2D eigenvalue weighted by atomic mass is 28.4. The van der Waals surface area contributed by atoms with Gasteiger partial charge in [0.05, 0.1) is 0 Å². The third kappa shape index (κ3) is 2.14. The lowest BCUT2D eigenvalue weighted by atomic mass is 9.82. The van der Waals surface area contributed by atoms with Crippen molar-refractivity contribution in [1.82, 2.24) is 0 Å². The van der Waals surface area contributed by atoms with Crippen LogP contribution in [0.5, 0.6) is 0 Å². The summed E-state index contributed by atoms with van der Waals surface area (Å²) in [5.41, 5.74) is 0. The minimum absolute atomic E-state index is 0.113. The fourth-order valence-electron chi connectivity index (χ4n) is 3.50. The van der Waals surface area contributed by atoms with Gasteiger partial charge in [0.25, 0.3) is 6.48 Å². The summed E-state index contributed by atoms with van der Waals surface area (Å²) in [6, 6.07) is 0. The van der Waals surface area contributed by atoms with Crippen LogP contribution in [0.25, 0.3) is 0 Å². The molecule has 0 aromatic carbocycles. The van der Waals surface area contributed by atoms with Gasteiger partial charge in [0.15, 0.2) is 14.6 Å². The fraction of sp³-hybridized carbons (Fsp3) is 1.00. The summed E-state index contributed by atoms with van der Waals surface area (Å²) in [6.45, 7) is 12.5. The molecule has 6 nitrogen and oxygen atoms in total. The Balaban J connectivity index is 1.62. The van der Waals surface area contributed by atoms with Crippen molar-refractivity contribution in [3.8, 4) is 0 Å². The molecule has 4 unspecified atom stereocenters. The van der Waals surface area contributed by atoms with E-state index in [2.05, 4.69) is 33.9 Å². The Labute approximate surface area is 132 Å². The van der Waals surface area contributed by atoms with E-state index in [1.54, 1.807) is 0 Å². The van der Waals surface area contributed by atoms with Crippen molar-refractivity contribution in [3.05, 3.63) is 0 Å². The molecule has 1 saturated carbocycles. The Morgan fingerprint density at radius 2 is 1.23 bits per heavy atom. The predicted octanol–water partition coefficient (Wildman–Crippen LogP) is 1.99. The van der Waals surface area contributed by atoms with Gasteiger partial charge in [0.1, 0.15) is 36.6 Å². The van der Waals surface area contributed by atoms with E-state index < -0.39 is 14.8 Å². The summed E-state index contributed by atoms with van der Waals surface area (Å²) in [5.74, 6) is 0. The van der Waals surface area contributed by atoms with Crippen LogP contribution in [0.3, 0.4) is 0 Å². The topological polar surface area (TPSA) is 55.4 Å². The Kier molecular flexibility index (Phi) is 3.35. The number of hydrogen-bond donors (Lipinski definition) is 0. The van der Waals surface area contributed by atoms with Crippen molar-refractivity contribution in [2.75, 3.05) is 0 Å². The molecule has 1 aliphatic carbocycles. The summed E-state index contributed by atoms with van der Waals surface area (Å²) in [5, 5.41) is 0.127. The first-order valence-corrected chi connectivity index (χ1v) is 11.0. The van der Waals surface area contributed by atoms with Crippen molar-refractivity contribution in [3.63, 3.8) is 0 Å². The monoisotopic (exact) mass is 330 g/mol. The molecule has 6 bridgehead atoms. The molecule has 7 heteroatoms. The first kappa shape index (κ1) is 15.5. The molecule has 5 fully saturated rings. The molecule has 0 aromatic heterocycles. The van der Waals surface area contributed by atoms with Crippen LogP contribution in [0, 0.1) is 0 Å². The first-order chi connectivity index (χ1) is 10.2. The van der Waals surface area contributed by atoms with Crippen molar-refractivity contribution < 1.29 is 28.1 Å². The Bertz CT molecular complexity index is 439. The van der Waals surface area contributed by atoms with Crippen LogP contribution in [-0.4, -0.2) is 57.7 Å². The zero-order valence-electron chi connectivity index (χ0n) is 14.1. The molecule has 4 saturated heterocycles. The summed E-state index contributed by atoms with van der Waals surface area (Å²) in [6.07, 6.45) is -1.09. The zero-order valence-corrected chi connectivity index (χ0v) is 15.1. The van der Waals surface area contributed by atoms with Crippen molar-refractivity contribution in [2.24, 2.45) is 0 Å². The third-order valence-corrected chi connectivity index (χ3v) is 10.2. The summed E-state index contributed by atoms with van der Waals surface area (Å²) in [4.78, 5) is 0. The zero-order chi connectivity index (χ0) is 15.9. The van der Waals surface area contributed by atoms with E-state index in [1.165, 1.54) is 0 Å². The van der Waals surface area contributed by atoms with E-state index in [4.69, 9.17) is 28.1 Å². The van der Waals surface area contributed by atoms with E-state index in [1.807, 2.05) is 6.92 Å². The Morgan fingerprint density at radius 3 is 1.73 bits per heavy atom. The second kappa shape index (κ2) is 4.75. The molecule has 5 rings (SSSR count). The Hall–Kier alpha value is -0.0231. The van der Waals surface area contributed by atoms with Gasteiger partial charge < -0.3 is 28.1 Å². The number of rotatable bonds is 2. The van der Waals surface area contributed by atoms with Crippen LogP contribution >= 0.6 is 0 Å². The average Bonchev–Trinajstić information content (AvgIpc) is 2.40. The third-order valence-electron chi connectivity index (χ3n) is 5.68. The van der Waals surface area contributed by atoms with Gasteiger partial charge in [0.2, 0.25) is 0 Å². The predicted molar refractivity (Wildman–Crippen MR) is 79.7 cm³/mol. The second-order valence-electron chi connectivity index (χ2n) is 8.20. The summed E-state index contributed by atoms with van der Waals surface area (Å²) >= 11 is 0. The van der Waals surface area contributed by atoms with Crippen LogP contribution in [0.15, 0.2) is 0 Å². The van der Waals surface area contributed by atoms with E-state index in [-0.39, 0.29) is 48.0 Å². The van der Waals surface area contributed by atoms with Gasteiger partial charge in [0, 0.05) is 0 Å². The molecular weight excluding hydrogens is 304 g/mol. The lowest BCUT2D eigenvalue weighted by Crippen LogP contribution is -2.79. The van der Waals surface area contributed by atoms with Gasteiger partial charge in [-0.3, -0.25) is 0 Å². The van der Waals surface area contributed by atoms with Crippen molar-refractivity contribution >= 4 is 8.32 Å². The van der Waals surface area contributed by atoms with Crippen LogP contribution in [0.1, 0.15) is 27.7 Å². The molecule has 126 valence electrons. The van der Waals surface area contributed by atoms with Gasteiger partial charge in [-0.15, -0.1) is 0 Å². The van der Waals surface area contributed by atoms with Gasteiger partial charge >= 0.3 is 0 Å². The lowest BCUT2D eigenvalue weighted by Gasteiger charge is -2.62. The van der Waals surface area contributed by atoms with Gasteiger partial charge in [-0.05, 0) is 25.1 Å². The highest BCUT2D eigenvalue weighted by Crippen LogP contribution is 2.48. The fourth-order valence-corrected chi connectivity index (χ4v) is 4.81. The molecule has 22 heavy (non-hydrogen) atoms. The highest BCUT2D eigenvalue weighted by Gasteiger charge is 2.66. The largest absolute Gasteiger partial charge is 0.408 e. The standard InChI is InChI=1S/C15H26O6Si/c1-7-16-8-10-9(17-7)12-13(11(8)19-14(18-10)20-12)21-22(5,6)15(2,3)4/h7-14H,1-6H3/t7?,8-,9+,10?,11+,12-,13?,14?. The molecule has 4 aliphatic heterocycles. The molecule has 5 aliphatic rings. The maximum Gasteiger partial charge on any atom is 0.272 e. The number of ether oxygens (including phenoxy) is 5. The maximum absolute atomic E-state index is 6.62. The normalized spacial score (nSPS) is 50.5. The molecule has 8 atom stereocenters. The van der Waals surface area contributed by atoms with Crippen LogP contribution in [0.4, 0.5) is 0 Å². The maximum atomic E-state index is 6.62. The second-order valence-corrected chi connectivity index (χ2v) is 13.0. The smallest absolute Gasteiger partial charge is 0.272 e. The average molecular weight is 330 g/mol. The molecule has 0 spiro atoms. The molecular formula is C15H26O6Si. The SMILES string of the molecule is CC1O[C@@H]2C3OC4O[C@@H]2C(O[Si](C)(C)C(C)(C)C)[C@H](O4)[C@H]3O1. The molecule has 0 aromatic rings. The minimum Gasteiger partial charge on any atom is -0.408 e.